The van der Waals surface area contributed by atoms with E-state index < -0.39 is 21.0 Å². The molecule has 0 bridgehead atoms. The van der Waals surface area contributed by atoms with Crippen LogP contribution in [0.25, 0.3) is 0 Å². The molecular weight excluding hydrogens is 214 g/mol. The minimum atomic E-state index is -3.34. The van der Waals surface area contributed by atoms with Gasteiger partial charge in [-0.3, -0.25) is 4.79 Å². The molecule has 1 aromatic rings. The van der Waals surface area contributed by atoms with E-state index in [-0.39, 0.29) is 12.3 Å². The first-order chi connectivity index (χ1) is 7.11. The van der Waals surface area contributed by atoms with Crippen LogP contribution >= 0.6 is 0 Å². The summed E-state index contributed by atoms with van der Waals surface area (Å²) in [5, 5.41) is 1.53. The highest BCUT2D eigenvalue weighted by molar-refractivity contribution is 7.92. The van der Waals surface area contributed by atoms with E-state index in [4.69, 9.17) is 0 Å². The number of benzene rings is 1. The zero-order chi connectivity index (χ0) is 10.9. The standard InChI is InChI=1S/C10H11NO3S/c12-10-9(8-4-2-1-3-5-8)15(13,14)7-6-11-10/h1-5,9H,6-7H2,(H,11,12). The van der Waals surface area contributed by atoms with Crippen LogP contribution in [-0.4, -0.2) is 26.6 Å². The fraction of sp³-hybridized carbons (Fsp3) is 0.300. The molecule has 1 aliphatic rings. The number of hydrogen-bond acceptors (Lipinski definition) is 3. The maximum Gasteiger partial charge on any atom is 0.242 e. The molecule has 0 radical (unpaired) electrons. The first kappa shape index (κ1) is 10.2. The van der Waals surface area contributed by atoms with Crippen molar-refractivity contribution in [2.45, 2.75) is 5.25 Å². The third-order valence-corrected chi connectivity index (χ3v) is 4.36. The van der Waals surface area contributed by atoms with Crippen molar-refractivity contribution in [3.05, 3.63) is 35.9 Å². The van der Waals surface area contributed by atoms with Crippen LogP contribution in [0.3, 0.4) is 0 Å². The summed E-state index contributed by atoms with van der Waals surface area (Å²) >= 11 is 0. The number of amides is 1. The van der Waals surface area contributed by atoms with Crippen molar-refractivity contribution in [1.29, 1.82) is 0 Å². The summed E-state index contributed by atoms with van der Waals surface area (Å²) in [5.74, 6) is -0.411. The fourth-order valence-electron chi connectivity index (χ4n) is 1.68. The number of carbonyl (C=O) groups excluding carboxylic acids is 1. The molecule has 0 spiro atoms. The van der Waals surface area contributed by atoms with Gasteiger partial charge in [-0.2, -0.15) is 0 Å². The Hall–Kier alpha value is -1.36. The van der Waals surface area contributed by atoms with Gasteiger partial charge in [0.25, 0.3) is 0 Å². The van der Waals surface area contributed by atoms with Gasteiger partial charge < -0.3 is 5.32 Å². The molecule has 1 atom stereocenters. The van der Waals surface area contributed by atoms with Crippen molar-refractivity contribution in [1.82, 2.24) is 5.32 Å². The Morgan fingerprint density at radius 3 is 2.47 bits per heavy atom. The number of carbonyl (C=O) groups is 1. The number of hydrogen-bond donors (Lipinski definition) is 1. The zero-order valence-electron chi connectivity index (χ0n) is 8.01. The molecule has 1 fully saturated rings. The second-order valence-corrected chi connectivity index (χ2v) is 5.65. The summed E-state index contributed by atoms with van der Waals surface area (Å²) in [5.41, 5.74) is 0.537. The maximum atomic E-state index is 11.7. The molecule has 1 heterocycles. The molecule has 1 unspecified atom stereocenters. The quantitative estimate of drug-likeness (QED) is 0.746. The van der Waals surface area contributed by atoms with Crippen molar-refractivity contribution in [3.63, 3.8) is 0 Å². The molecule has 4 nitrogen and oxygen atoms in total. The number of nitrogens with one attached hydrogen (secondary N) is 1. The molecule has 5 heteroatoms. The highest BCUT2D eigenvalue weighted by Crippen LogP contribution is 2.25. The van der Waals surface area contributed by atoms with Crippen LogP contribution in [0.4, 0.5) is 0 Å². The van der Waals surface area contributed by atoms with Crippen molar-refractivity contribution in [2.75, 3.05) is 12.3 Å². The normalized spacial score (nSPS) is 24.5. The molecule has 1 aromatic carbocycles. The molecule has 1 saturated heterocycles. The molecule has 1 N–H and O–H groups in total. The topological polar surface area (TPSA) is 63.2 Å². The first-order valence-electron chi connectivity index (χ1n) is 4.65. The highest BCUT2D eigenvalue weighted by atomic mass is 32.2. The SMILES string of the molecule is O=C1NCCS(=O)(=O)C1c1ccccc1. The lowest BCUT2D eigenvalue weighted by Crippen LogP contribution is -2.43. The minimum Gasteiger partial charge on any atom is -0.354 e. The molecule has 1 aliphatic heterocycles. The lowest BCUT2D eigenvalue weighted by Gasteiger charge is -2.22. The van der Waals surface area contributed by atoms with E-state index in [1.807, 2.05) is 0 Å². The van der Waals surface area contributed by atoms with Crippen LogP contribution in [-0.2, 0) is 14.6 Å². The van der Waals surface area contributed by atoms with Gasteiger partial charge >= 0.3 is 0 Å². The van der Waals surface area contributed by atoms with E-state index in [1.54, 1.807) is 30.3 Å². The summed E-state index contributed by atoms with van der Waals surface area (Å²) in [6.07, 6.45) is 0. The van der Waals surface area contributed by atoms with Gasteiger partial charge in [0, 0.05) is 6.54 Å². The Morgan fingerprint density at radius 1 is 1.20 bits per heavy atom. The molecule has 0 saturated carbocycles. The lowest BCUT2D eigenvalue weighted by atomic mass is 10.1. The smallest absolute Gasteiger partial charge is 0.242 e. The summed E-state index contributed by atoms with van der Waals surface area (Å²) < 4.78 is 23.5. The van der Waals surface area contributed by atoms with Gasteiger partial charge in [0.05, 0.1) is 5.75 Å². The van der Waals surface area contributed by atoms with Gasteiger partial charge in [-0.25, -0.2) is 8.42 Å². The lowest BCUT2D eigenvalue weighted by molar-refractivity contribution is -0.120. The van der Waals surface area contributed by atoms with E-state index in [2.05, 4.69) is 5.32 Å². The Labute approximate surface area is 88.2 Å². The maximum absolute atomic E-state index is 11.7. The molecular formula is C10H11NO3S. The molecule has 1 amide bonds. The van der Waals surface area contributed by atoms with Gasteiger partial charge in [0.2, 0.25) is 5.91 Å². The third kappa shape index (κ3) is 1.87. The minimum absolute atomic E-state index is 0.0122. The second kappa shape index (κ2) is 3.66. The summed E-state index contributed by atoms with van der Waals surface area (Å²) in [4.78, 5) is 11.5. The molecule has 0 aliphatic carbocycles. The first-order valence-corrected chi connectivity index (χ1v) is 6.37. The van der Waals surface area contributed by atoms with E-state index in [1.165, 1.54) is 0 Å². The average molecular weight is 225 g/mol. The molecule has 2 rings (SSSR count). The van der Waals surface area contributed by atoms with Crippen molar-refractivity contribution in [3.8, 4) is 0 Å². The second-order valence-electron chi connectivity index (χ2n) is 3.45. The van der Waals surface area contributed by atoms with E-state index >= 15 is 0 Å². The predicted molar refractivity (Wildman–Crippen MR) is 56.0 cm³/mol. The van der Waals surface area contributed by atoms with E-state index in [9.17, 15) is 13.2 Å². The number of rotatable bonds is 1. The van der Waals surface area contributed by atoms with Gasteiger partial charge in [0.15, 0.2) is 15.1 Å². The van der Waals surface area contributed by atoms with E-state index in [0.29, 0.717) is 5.56 Å². The third-order valence-electron chi connectivity index (χ3n) is 2.39. The molecule has 0 aromatic heterocycles. The Kier molecular flexibility index (Phi) is 2.48. The Morgan fingerprint density at radius 2 is 1.87 bits per heavy atom. The summed E-state index contributed by atoms with van der Waals surface area (Å²) in [6.45, 7) is 0.213. The highest BCUT2D eigenvalue weighted by Gasteiger charge is 2.36. The van der Waals surface area contributed by atoms with Gasteiger partial charge in [-0.1, -0.05) is 30.3 Å². The summed E-state index contributed by atoms with van der Waals surface area (Å²) in [6, 6.07) is 8.57. The van der Waals surface area contributed by atoms with Gasteiger partial charge in [0.1, 0.15) is 0 Å². The average Bonchev–Trinajstić information content (AvgIpc) is 2.17. The Balaban J connectivity index is 2.46. The number of sulfone groups is 1. The van der Waals surface area contributed by atoms with Crippen molar-refractivity contribution < 1.29 is 13.2 Å². The predicted octanol–water partition coefficient (Wildman–Crippen LogP) is 0.272. The zero-order valence-corrected chi connectivity index (χ0v) is 8.83. The van der Waals surface area contributed by atoms with Crippen LogP contribution in [0, 0.1) is 0 Å². The van der Waals surface area contributed by atoms with Crippen LogP contribution < -0.4 is 5.32 Å². The summed E-state index contributed by atoms with van der Waals surface area (Å²) in [7, 11) is -3.34. The molecule has 80 valence electrons. The fourth-order valence-corrected chi connectivity index (χ4v) is 3.28. The molecule has 15 heavy (non-hydrogen) atoms. The van der Waals surface area contributed by atoms with Gasteiger partial charge in [-0.15, -0.1) is 0 Å². The Bertz CT molecular complexity index is 467. The van der Waals surface area contributed by atoms with Crippen LogP contribution in [0.15, 0.2) is 30.3 Å². The largest absolute Gasteiger partial charge is 0.354 e. The van der Waals surface area contributed by atoms with Crippen LogP contribution in [0.5, 0.6) is 0 Å². The monoisotopic (exact) mass is 225 g/mol. The van der Waals surface area contributed by atoms with Gasteiger partial charge in [-0.05, 0) is 5.56 Å². The van der Waals surface area contributed by atoms with Crippen LogP contribution in [0.1, 0.15) is 10.8 Å². The van der Waals surface area contributed by atoms with Crippen molar-refractivity contribution in [2.24, 2.45) is 0 Å². The van der Waals surface area contributed by atoms with Crippen LogP contribution in [0.2, 0.25) is 0 Å². The van der Waals surface area contributed by atoms with Crippen molar-refractivity contribution >= 4 is 15.7 Å². The van der Waals surface area contributed by atoms with E-state index in [0.717, 1.165) is 0 Å².